The maximum absolute atomic E-state index is 13.8. The highest BCUT2D eigenvalue weighted by Gasteiger charge is 2.33. The predicted octanol–water partition coefficient (Wildman–Crippen LogP) is 5.22. The molecular formula is C36H43F3N6O5S. The lowest BCUT2D eigenvalue weighted by atomic mass is 10.1. The lowest BCUT2D eigenvalue weighted by Crippen LogP contribution is -2.50. The van der Waals surface area contributed by atoms with Crippen LogP contribution >= 0.6 is 0 Å². The average molecular weight is 729 g/mol. The van der Waals surface area contributed by atoms with Crippen LogP contribution in [0.15, 0.2) is 72.9 Å². The molecule has 4 N–H and O–H groups in total. The van der Waals surface area contributed by atoms with Crippen LogP contribution in [0.3, 0.4) is 0 Å². The average Bonchev–Trinajstić information content (AvgIpc) is 3.82. The van der Waals surface area contributed by atoms with Crippen molar-refractivity contribution in [3.63, 3.8) is 0 Å². The van der Waals surface area contributed by atoms with Gasteiger partial charge in [0.1, 0.15) is 24.0 Å². The number of halogens is 3. The van der Waals surface area contributed by atoms with Crippen molar-refractivity contribution in [3.8, 4) is 5.75 Å². The largest absolute Gasteiger partial charge is 0.491 e. The van der Waals surface area contributed by atoms with Gasteiger partial charge in [-0.15, -0.1) is 0 Å². The summed E-state index contributed by atoms with van der Waals surface area (Å²) in [7, 11) is -2.40. The fourth-order valence-electron chi connectivity index (χ4n) is 5.46. The molecule has 0 unspecified atom stereocenters. The number of sulfonamides is 1. The number of alkyl halides is 3. The summed E-state index contributed by atoms with van der Waals surface area (Å²) in [5.74, 6) is 1.20. The maximum atomic E-state index is 13.8. The lowest BCUT2D eigenvalue weighted by Gasteiger charge is -2.26. The van der Waals surface area contributed by atoms with E-state index in [1.807, 2.05) is 6.07 Å². The summed E-state index contributed by atoms with van der Waals surface area (Å²) < 4.78 is 72.8. The molecule has 4 atom stereocenters. The van der Waals surface area contributed by atoms with E-state index in [0.717, 1.165) is 33.8 Å². The number of benzene rings is 2. The van der Waals surface area contributed by atoms with Gasteiger partial charge in [0.25, 0.3) is 5.91 Å². The Balaban J connectivity index is 1.36. The number of carbonyl (C=O) groups excluding carboxylic acids is 1. The lowest BCUT2D eigenvalue weighted by molar-refractivity contribution is -0.137. The molecule has 0 radical (unpaired) electrons. The summed E-state index contributed by atoms with van der Waals surface area (Å²) in [6.07, 6.45) is -3.02. The molecule has 51 heavy (non-hydrogen) atoms. The highest BCUT2D eigenvalue weighted by molar-refractivity contribution is 7.93. The SMILES string of the molecule is CC(C)S(=O)(=O)N(C)c1cc(C(=O)N[C@@H](COc2ccc3ncccc3c2)[C@H](O)CNCc2cccc(C(F)(F)F)c2)cc(NC[C@H]2C[C@@H]2C)n1. The number of hydrogen-bond acceptors (Lipinski definition) is 9. The van der Waals surface area contributed by atoms with Crippen molar-refractivity contribution in [1.29, 1.82) is 0 Å². The van der Waals surface area contributed by atoms with Crippen molar-refractivity contribution < 1.29 is 36.2 Å². The highest BCUT2D eigenvalue weighted by atomic mass is 32.2. The van der Waals surface area contributed by atoms with Gasteiger partial charge in [-0.2, -0.15) is 13.2 Å². The summed E-state index contributed by atoms with van der Waals surface area (Å²) in [5, 5.41) is 20.4. The number of nitrogens with one attached hydrogen (secondary N) is 3. The normalized spacial score (nSPS) is 17.2. The number of amides is 1. The van der Waals surface area contributed by atoms with Crippen molar-refractivity contribution >= 4 is 38.5 Å². The van der Waals surface area contributed by atoms with E-state index >= 15 is 0 Å². The maximum Gasteiger partial charge on any atom is 0.416 e. The van der Waals surface area contributed by atoms with Crippen LogP contribution in [0.25, 0.3) is 10.9 Å². The molecule has 1 saturated carbocycles. The summed E-state index contributed by atoms with van der Waals surface area (Å²) >= 11 is 0. The number of aliphatic hydroxyl groups is 1. The zero-order valence-corrected chi connectivity index (χ0v) is 29.6. The Labute approximate surface area is 295 Å². The number of pyridine rings is 2. The first-order valence-corrected chi connectivity index (χ1v) is 18.2. The van der Waals surface area contributed by atoms with Crippen LogP contribution in [0.4, 0.5) is 24.8 Å². The number of rotatable bonds is 16. The van der Waals surface area contributed by atoms with Gasteiger partial charge in [0, 0.05) is 43.8 Å². The third kappa shape index (κ3) is 9.86. The van der Waals surface area contributed by atoms with E-state index in [2.05, 4.69) is 32.8 Å². The van der Waals surface area contributed by atoms with Crippen molar-refractivity contribution in [2.45, 2.75) is 57.3 Å². The Morgan fingerprint density at radius 3 is 2.57 bits per heavy atom. The van der Waals surface area contributed by atoms with Gasteiger partial charge in [-0.05, 0) is 80.1 Å². The van der Waals surface area contributed by atoms with E-state index < -0.39 is 45.1 Å². The van der Waals surface area contributed by atoms with Gasteiger partial charge < -0.3 is 25.8 Å². The minimum absolute atomic E-state index is 0.0270. The van der Waals surface area contributed by atoms with E-state index in [1.165, 1.54) is 25.2 Å². The number of fused-ring (bicyclic) bond motifs is 1. The number of anilines is 2. The second-order valence-corrected chi connectivity index (χ2v) is 15.7. The molecule has 1 aliphatic rings. The Morgan fingerprint density at radius 1 is 1.10 bits per heavy atom. The third-order valence-electron chi connectivity index (χ3n) is 8.92. The Bertz CT molecular complexity index is 1940. The molecule has 1 aliphatic carbocycles. The minimum Gasteiger partial charge on any atom is -0.491 e. The smallest absolute Gasteiger partial charge is 0.416 e. The first-order chi connectivity index (χ1) is 24.1. The molecule has 4 aromatic rings. The molecule has 274 valence electrons. The third-order valence-corrected chi connectivity index (χ3v) is 11.1. The molecule has 11 nitrogen and oxygen atoms in total. The van der Waals surface area contributed by atoms with Crippen LogP contribution in [0.5, 0.6) is 5.75 Å². The predicted molar refractivity (Wildman–Crippen MR) is 190 cm³/mol. The van der Waals surface area contributed by atoms with E-state index in [0.29, 0.717) is 35.5 Å². The summed E-state index contributed by atoms with van der Waals surface area (Å²) in [5.41, 5.74) is 0.439. The van der Waals surface area contributed by atoms with Gasteiger partial charge in [0.2, 0.25) is 10.0 Å². The highest BCUT2D eigenvalue weighted by Crippen LogP contribution is 2.37. The van der Waals surface area contributed by atoms with E-state index in [9.17, 15) is 31.5 Å². The van der Waals surface area contributed by atoms with Gasteiger partial charge in [0.05, 0.1) is 28.5 Å². The second kappa shape index (κ2) is 15.8. The van der Waals surface area contributed by atoms with Crippen LogP contribution in [-0.4, -0.2) is 73.5 Å². The van der Waals surface area contributed by atoms with E-state index in [1.54, 1.807) is 50.4 Å². The van der Waals surface area contributed by atoms with Crippen LogP contribution in [0.2, 0.25) is 0 Å². The molecule has 5 rings (SSSR count). The molecule has 2 aromatic carbocycles. The molecule has 2 aromatic heterocycles. The molecular weight excluding hydrogens is 685 g/mol. The second-order valence-electron chi connectivity index (χ2n) is 13.2. The Hall–Kier alpha value is -4.47. The molecule has 0 aliphatic heterocycles. The zero-order valence-electron chi connectivity index (χ0n) is 28.8. The monoisotopic (exact) mass is 728 g/mol. The first kappa shape index (κ1) is 37.8. The van der Waals surface area contributed by atoms with Crippen molar-refractivity contribution in [2.75, 3.05) is 36.4 Å². The van der Waals surface area contributed by atoms with E-state index in [4.69, 9.17) is 4.74 Å². The molecule has 0 saturated heterocycles. The van der Waals surface area contributed by atoms with Crippen molar-refractivity contribution in [3.05, 3.63) is 89.6 Å². The minimum atomic E-state index is -4.49. The number of aliphatic hydroxyl groups excluding tert-OH is 1. The number of ether oxygens (including phenoxy) is 1. The first-order valence-electron chi connectivity index (χ1n) is 16.7. The van der Waals surface area contributed by atoms with Crippen LogP contribution < -0.4 is 25.0 Å². The molecule has 0 spiro atoms. The summed E-state index contributed by atoms with van der Waals surface area (Å²) in [6, 6.07) is 15.7. The van der Waals surface area contributed by atoms with E-state index in [-0.39, 0.29) is 31.1 Å². The van der Waals surface area contributed by atoms with Crippen LogP contribution in [0.1, 0.15) is 48.7 Å². The molecule has 1 fully saturated rings. The zero-order chi connectivity index (χ0) is 36.9. The van der Waals surface area contributed by atoms with Crippen LogP contribution in [-0.2, 0) is 22.7 Å². The molecule has 0 bridgehead atoms. The fourth-order valence-corrected chi connectivity index (χ4v) is 6.45. The quantitative estimate of drug-likeness (QED) is 0.122. The van der Waals surface area contributed by atoms with Gasteiger partial charge in [-0.25, -0.2) is 13.4 Å². The number of nitrogens with zero attached hydrogens (tertiary/aromatic N) is 3. The number of carbonyl (C=O) groups is 1. The van der Waals surface area contributed by atoms with Gasteiger partial charge in [-0.3, -0.25) is 14.1 Å². The van der Waals surface area contributed by atoms with Crippen molar-refractivity contribution in [1.82, 2.24) is 20.6 Å². The number of aromatic nitrogens is 2. The van der Waals surface area contributed by atoms with Crippen molar-refractivity contribution in [2.24, 2.45) is 11.8 Å². The standard InChI is InChI=1S/C36H43F3N6O5S/c1-22(2)51(48,49)45(4)34-17-26(16-33(44-34)42-19-27-13-23(27)3)35(47)43-31(21-50-29-10-11-30-25(15-29)8-6-12-41-30)32(46)20-40-18-24-7-5-9-28(14-24)36(37,38)39/h5-12,14-17,22-23,27,31-32,40,46H,13,18-21H2,1-4H3,(H,42,44)(H,43,47)/t23-,27+,31-,32+/m0/s1. The number of hydrogen-bond donors (Lipinski definition) is 4. The Kier molecular flexibility index (Phi) is 11.7. The fraction of sp³-hybridized carbons (Fsp3) is 0.417. The van der Waals surface area contributed by atoms with Gasteiger partial charge in [-0.1, -0.05) is 31.2 Å². The Morgan fingerprint density at radius 2 is 1.86 bits per heavy atom. The topological polar surface area (TPSA) is 146 Å². The summed E-state index contributed by atoms with van der Waals surface area (Å²) in [6.45, 7) is 5.59. The molecule has 15 heteroatoms. The van der Waals surface area contributed by atoms with Gasteiger partial charge in [0.15, 0.2) is 0 Å². The molecule has 1 amide bonds. The molecule has 2 heterocycles. The summed E-state index contributed by atoms with van der Waals surface area (Å²) in [4.78, 5) is 22.6. The van der Waals surface area contributed by atoms with Crippen LogP contribution in [0, 0.1) is 11.8 Å². The van der Waals surface area contributed by atoms with Gasteiger partial charge >= 0.3 is 6.18 Å².